The molecule has 0 saturated carbocycles. The monoisotopic (exact) mass is 162 g/mol. The van der Waals surface area contributed by atoms with Crippen LogP contribution in [0.25, 0.3) is 0 Å². The number of rotatable bonds is 3. The van der Waals surface area contributed by atoms with Crippen LogP contribution in [0, 0.1) is 0 Å². The predicted octanol–water partition coefficient (Wildman–Crippen LogP) is 1.51. The second kappa shape index (κ2) is 15.8. The van der Waals surface area contributed by atoms with E-state index in [1.165, 1.54) is 17.0 Å². The van der Waals surface area contributed by atoms with Crippen molar-refractivity contribution >= 4 is 23.9 Å². The van der Waals surface area contributed by atoms with E-state index < -0.39 is 8.69 Å². The summed E-state index contributed by atoms with van der Waals surface area (Å²) in [6.07, 6.45) is 1.39. The van der Waals surface area contributed by atoms with Crippen LogP contribution in [0.4, 0.5) is 0 Å². The maximum atomic E-state index is 8.35. The van der Waals surface area contributed by atoms with Crippen molar-refractivity contribution in [3.8, 4) is 0 Å². The summed E-state index contributed by atoms with van der Waals surface area (Å²) in [7, 11) is -1.08. The number of hydrogen-bond donors (Lipinski definition) is 0. The van der Waals surface area contributed by atoms with E-state index in [-0.39, 0.29) is 0 Å². The summed E-state index contributed by atoms with van der Waals surface area (Å²) in [5.41, 5.74) is 0. The Labute approximate surface area is 64.7 Å². The van der Waals surface area contributed by atoms with Crippen LogP contribution in [0.1, 0.15) is 20.3 Å². The Morgan fingerprint density at radius 2 is 2.00 bits per heavy atom. The van der Waals surface area contributed by atoms with Gasteiger partial charge in [-0.1, -0.05) is 0 Å². The molecule has 0 spiro atoms. The van der Waals surface area contributed by atoms with Crippen molar-refractivity contribution in [2.75, 3.05) is 0 Å². The van der Waals surface area contributed by atoms with Gasteiger partial charge in [-0.25, -0.2) is 0 Å². The summed E-state index contributed by atoms with van der Waals surface area (Å²) < 4.78 is 8.35. The van der Waals surface area contributed by atoms with Crippen LogP contribution in [0.3, 0.4) is 0 Å². The van der Waals surface area contributed by atoms with Crippen LogP contribution in [-0.2, 0) is 4.57 Å². The molecule has 0 aromatic heterocycles. The van der Waals surface area contributed by atoms with Crippen molar-refractivity contribution in [2.24, 2.45) is 0 Å². The Hall–Kier alpha value is 0.592. The fraction of sp³-hybridized carbons (Fsp3) is 1.00. The van der Waals surface area contributed by atoms with Gasteiger partial charge in [0.05, 0.1) is 8.69 Å². The summed E-state index contributed by atoms with van der Waals surface area (Å²) >= 11 is 0.818. The van der Waals surface area contributed by atoms with E-state index in [1.54, 1.807) is 0 Å². The molecular formula is C5H12AlO2P. The SMILES string of the molecule is CC[CH2][Al+][CH2]C.O=P[O-]. The first-order valence-electron chi connectivity index (χ1n) is 3.10. The maximum absolute atomic E-state index is 8.35. The number of hydrogen-bond acceptors (Lipinski definition) is 2. The molecule has 0 unspecified atom stereocenters. The molecule has 0 aromatic carbocycles. The van der Waals surface area contributed by atoms with Crippen LogP contribution in [0.2, 0.25) is 10.6 Å². The third-order valence-electron chi connectivity index (χ3n) is 0.781. The van der Waals surface area contributed by atoms with E-state index in [0.717, 1.165) is 15.2 Å². The van der Waals surface area contributed by atoms with E-state index in [9.17, 15) is 0 Å². The molecule has 0 atom stereocenters. The zero-order chi connectivity index (χ0) is 7.54. The third kappa shape index (κ3) is 28.9. The fourth-order valence-corrected chi connectivity index (χ4v) is 1.22. The van der Waals surface area contributed by atoms with E-state index in [2.05, 4.69) is 13.8 Å². The molecule has 4 heteroatoms. The van der Waals surface area contributed by atoms with Crippen molar-refractivity contribution in [1.82, 2.24) is 0 Å². The van der Waals surface area contributed by atoms with Gasteiger partial charge in [-0.2, -0.15) is 0 Å². The minimum atomic E-state index is -1.08. The van der Waals surface area contributed by atoms with Crippen LogP contribution in [0.5, 0.6) is 0 Å². The van der Waals surface area contributed by atoms with Gasteiger partial charge in [-0.05, 0) is 0 Å². The molecular weight excluding hydrogens is 150 g/mol. The van der Waals surface area contributed by atoms with Crippen LogP contribution >= 0.6 is 8.69 Å². The van der Waals surface area contributed by atoms with Crippen molar-refractivity contribution in [1.29, 1.82) is 0 Å². The molecule has 0 radical (unpaired) electrons. The summed E-state index contributed by atoms with van der Waals surface area (Å²) in [5.74, 6) is 0. The predicted molar refractivity (Wildman–Crippen MR) is 38.9 cm³/mol. The second-order valence-electron chi connectivity index (χ2n) is 1.56. The summed E-state index contributed by atoms with van der Waals surface area (Å²) in [6, 6.07) is 0. The van der Waals surface area contributed by atoms with E-state index in [1.807, 2.05) is 0 Å². The first-order chi connectivity index (χ1) is 4.33. The molecule has 9 heavy (non-hydrogen) atoms. The van der Waals surface area contributed by atoms with Crippen LogP contribution in [0.15, 0.2) is 0 Å². The van der Waals surface area contributed by atoms with Crippen LogP contribution in [-0.4, -0.2) is 15.2 Å². The third-order valence-corrected chi connectivity index (χ3v) is 2.34. The molecule has 0 aliphatic heterocycles. The van der Waals surface area contributed by atoms with Gasteiger partial charge in [0.2, 0.25) is 0 Å². The molecule has 0 aromatic rings. The van der Waals surface area contributed by atoms with Crippen molar-refractivity contribution in [2.45, 2.75) is 30.8 Å². The largest absolute Gasteiger partial charge is 0.772 e. The average Bonchev–Trinajstić information content (AvgIpc) is 1.86. The summed E-state index contributed by atoms with van der Waals surface area (Å²) in [5, 5.41) is 2.93. The molecule has 0 aliphatic rings. The molecule has 2 nitrogen and oxygen atoms in total. The minimum absolute atomic E-state index is 0.818. The van der Waals surface area contributed by atoms with Crippen LogP contribution < -0.4 is 4.89 Å². The van der Waals surface area contributed by atoms with Gasteiger partial charge in [0.15, 0.2) is 0 Å². The molecule has 0 aliphatic carbocycles. The van der Waals surface area contributed by atoms with Crippen molar-refractivity contribution < 1.29 is 9.46 Å². The van der Waals surface area contributed by atoms with E-state index in [0.29, 0.717) is 0 Å². The Balaban J connectivity index is 0. The van der Waals surface area contributed by atoms with Gasteiger partial charge in [-0.15, -0.1) is 0 Å². The molecule has 0 rings (SSSR count). The van der Waals surface area contributed by atoms with Gasteiger partial charge in [0.25, 0.3) is 0 Å². The van der Waals surface area contributed by atoms with E-state index in [4.69, 9.17) is 9.46 Å². The fourth-order valence-electron chi connectivity index (χ4n) is 0.408. The Bertz CT molecular complexity index is 48.2. The standard InChI is InChI=1S/C3H7.C2H5.Al.HO2P/c1-3-2;1-2;;1-3-2/h1,3H2,2H3;1H2,2H3;;(H,1,2)/q;;+1;/p-1. The van der Waals surface area contributed by atoms with Gasteiger partial charge in [-0.3, -0.25) is 4.57 Å². The average molecular weight is 162 g/mol. The Kier molecular flexibility index (Phi) is 21.6. The molecule has 0 heterocycles. The maximum Gasteiger partial charge on any atom is 0.0642 e. The molecule has 0 saturated heterocycles. The van der Waals surface area contributed by atoms with Gasteiger partial charge in [0, 0.05) is 0 Å². The second-order valence-corrected chi connectivity index (χ2v) is 3.68. The van der Waals surface area contributed by atoms with Gasteiger partial charge < -0.3 is 4.89 Å². The quantitative estimate of drug-likeness (QED) is 0.358. The van der Waals surface area contributed by atoms with Crippen molar-refractivity contribution in [3.05, 3.63) is 0 Å². The van der Waals surface area contributed by atoms with Gasteiger partial charge in [0.1, 0.15) is 0 Å². The molecule has 0 N–H and O–H groups in total. The zero-order valence-corrected chi connectivity index (χ0v) is 8.01. The smallest absolute Gasteiger partial charge is 0.0642 e. The van der Waals surface area contributed by atoms with Gasteiger partial charge >= 0.3 is 46.1 Å². The molecule has 0 bridgehead atoms. The first-order valence-corrected chi connectivity index (χ1v) is 5.46. The minimum Gasteiger partial charge on any atom is -0.772 e. The molecule has 52 valence electrons. The van der Waals surface area contributed by atoms with Crippen molar-refractivity contribution in [3.63, 3.8) is 0 Å². The molecule has 0 amide bonds. The zero-order valence-electron chi connectivity index (χ0n) is 5.96. The summed E-state index contributed by atoms with van der Waals surface area (Å²) in [6.45, 7) is 4.52. The Morgan fingerprint density at radius 1 is 1.56 bits per heavy atom. The molecule has 0 fully saturated rings. The first kappa shape index (κ1) is 12.3. The normalized spacial score (nSPS) is 7.44. The Morgan fingerprint density at radius 3 is 2.11 bits per heavy atom. The van der Waals surface area contributed by atoms with E-state index >= 15 is 0 Å². The topological polar surface area (TPSA) is 40.1 Å². The summed E-state index contributed by atoms with van der Waals surface area (Å²) in [4.78, 5) is 8.35.